The molecule has 0 saturated carbocycles. The average molecular weight is 210 g/mol. The van der Waals surface area contributed by atoms with Crippen molar-refractivity contribution in [1.82, 2.24) is 0 Å². The quantitative estimate of drug-likeness (QED) is 0.727. The fourth-order valence-corrected chi connectivity index (χ4v) is 2.29. The predicted molar refractivity (Wildman–Crippen MR) is 63.6 cm³/mol. The first-order valence-corrected chi connectivity index (χ1v) is 6.30. The molecule has 1 aromatic rings. The molecular weight excluding hydrogens is 192 g/mol. The van der Waals surface area contributed by atoms with Crippen LogP contribution in [0.4, 0.5) is 0 Å². The molecule has 0 spiro atoms. The molecule has 0 bridgehead atoms. The van der Waals surface area contributed by atoms with Gasteiger partial charge in [0.1, 0.15) is 0 Å². The van der Waals surface area contributed by atoms with E-state index < -0.39 is 0 Å². The molecule has 1 atom stereocenters. The Hall–Kier alpha value is -0.470. The highest BCUT2D eigenvalue weighted by molar-refractivity contribution is 7.99. The van der Waals surface area contributed by atoms with E-state index in [4.69, 9.17) is 0 Å². The standard InChI is InChI=1S/C12H18OS/c1-2-3-9-14-10-12(13)11-7-5-4-6-8-11/h4-8,12-13H,2-3,9-10H2,1H3/t12-/m1/s1. The molecule has 0 radical (unpaired) electrons. The molecule has 0 aliphatic rings. The number of benzene rings is 1. The molecule has 0 aromatic heterocycles. The Labute approximate surface area is 90.5 Å². The van der Waals surface area contributed by atoms with Crippen LogP contribution in [0.1, 0.15) is 31.4 Å². The number of aliphatic hydroxyl groups excluding tert-OH is 1. The molecule has 1 aromatic carbocycles. The molecule has 14 heavy (non-hydrogen) atoms. The van der Waals surface area contributed by atoms with Gasteiger partial charge in [0.2, 0.25) is 0 Å². The highest BCUT2D eigenvalue weighted by Gasteiger charge is 2.05. The van der Waals surface area contributed by atoms with Gasteiger partial charge in [-0.3, -0.25) is 0 Å². The first kappa shape index (κ1) is 11.6. The summed E-state index contributed by atoms with van der Waals surface area (Å²) >= 11 is 1.83. The molecule has 78 valence electrons. The van der Waals surface area contributed by atoms with Crippen molar-refractivity contribution in [1.29, 1.82) is 0 Å². The van der Waals surface area contributed by atoms with Crippen LogP contribution in [-0.4, -0.2) is 16.6 Å². The van der Waals surface area contributed by atoms with Crippen LogP contribution in [0.3, 0.4) is 0 Å². The summed E-state index contributed by atoms with van der Waals surface area (Å²) in [4.78, 5) is 0. The summed E-state index contributed by atoms with van der Waals surface area (Å²) < 4.78 is 0. The van der Waals surface area contributed by atoms with Gasteiger partial charge in [0.25, 0.3) is 0 Å². The molecule has 0 aliphatic carbocycles. The van der Waals surface area contributed by atoms with Crippen molar-refractivity contribution < 1.29 is 5.11 Å². The second-order valence-corrected chi connectivity index (χ2v) is 4.50. The van der Waals surface area contributed by atoms with Crippen LogP contribution in [0.5, 0.6) is 0 Å². The Morgan fingerprint density at radius 1 is 1.29 bits per heavy atom. The Morgan fingerprint density at radius 2 is 2.00 bits per heavy atom. The zero-order chi connectivity index (χ0) is 10.2. The fraction of sp³-hybridized carbons (Fsp3) is 0.500. The Kier molecular flexibility index (Phi) is 5.72. The molecule has 1 nitrogen and oxygen atoms in total. The minimum atomic E-state index is -0.307. The van der Waals surface area contributed by atoms with Crippen LogP contribution >= 0.6 is 11.8 Å². The summed E-state index contributed by atoms with van der Waals surface area (Å²) in [5.41, 5.74) is 1.02. The number of aliphatic hydroxyl groups is 1. The summed E-state index contributed by atoms with van der Waals surface area (Å²) in [5, 5.41) is 9.80. The first-order chi connectivity index (χ1) is 6.84. The second kappa shape index (κ2) is 6.91. The van der Waals surface area contributed by atoms with Crippen molar-refractivity contribution in [3.05, 3.63) is 35.9 Å². The summed E-state index contributed by atoms with van der Waals surface area (Å²) in [7, 11) is 0. The normalized spacial score (nSPS) is 12.7. The smallest absolute Gasteiger partial charge is 0.0880 e. The maximum atomic E-state index is 9.80. The van der Waals surface area contributed by atoms with E-state index in [9.17, 15) is 5.11 Å². The molecule has 0 saturated heterocycles. The van der Waals surface area contributed by atoms with E-state index >= 15 is 0 Å². The minimum Gasteiger partial charge on any atom is -0.388 e. The van der Waals surface area contributed by atoms with Crippen LogP contribution in [0, 0.1) is 0 Å². The minimum absolute atomic E-state index is 0.307. The Bertz CT molecular complexity index is 235. The van der Waals surface area contributed by atoms with Gasteiger partial charge in [-0.1, -0.05) is 43.7 Å². The van der Waals surface area contributed by atoms with Crippen molar-refractivity contribution in [2.24, 2.45) is 0 Å². The van der Waals surface area contributed by atoms with Gasteiger partial charge in [-0.2, -0.15) is 11.8 Å². The average Bonchev–Trinajstić information content (AvgIpc) is 2.25. The monoisotopic (exact) mass is 210 g/mol. The lowest BCUT2D eigenvalue weighted by Crippen LogP contribution is -2.00. The summed E-state index contributed by atoms with van der Waals surface area (Å²) in [6.45, 7) is 2.19. The number of rotatable bonds is 6. The van der Waals surface area contributed by atoms with Crippen molar-refractivity contribution in [2.45, 2.75) is 25.9 Å². The third-order valence-corrected chi connectivity index (χ3v) is 3.23. The van der Waals surface area contributed by atoms with Crippen molar-refractivity contribution in [3.8, 4) is 0 Å². The molecule has 0 aliphatic heterocycles. The highest BCUT2D eigenvalue weighted by atomic mass is 32.2. The third-order valence-electron chi connectivity index (χ3n) is 2.10. The molecule has 0 fully saturated rings. The van der Waals surface area contributed by atoms with E-state index in [1.807, 2.05) is 42.1 Å². The first-order valence-electron chi connectivity index (χ1n) is 5.15. The number of thioether (sulfide) groups is 1. The van der Waals surface area contributed by atoms with Crippen LogP contribution in [0.15, 0.2) is 30.3 Å². The van der Waals surface area contributed by atoms with Gasteiger partial charge < -0.3 is 5.11 Å². The van der Waals surface area contributed by atoms with Crippen molar-refractivity contribution in [2.75, 3.05) is 11.5 Å². The van der Waals surface area contributed by atoms with E-state index in [0.717, 1.165) is 17.1 Å². The fourth-order valence-electron chi connectivity index (χ4n) is 1.21. The van der Waals surface area contributed by atoms with Crippen LogP contribution in [0.2, 0.25) is 0 Å². The molecule has 0 unspecified atom stereocenters. The van der Waals surface area contributed by atoms with E-state index in [1.54, 1.807) is 0 Å². The van der Waals surface area contributed by atoms with Crippen LogP contribution in [-0.2, 0) is 0 Å². The van der Waals surface area contributed by atoms with Crippen LogP contribution in [0.25, 0.3) is 0 Å². The summed E-state index contributed by atoms with van der Waals surface area (Å²) in [6, 6.07) is 9.86. The maximum Gasteiger partial charge on any atom is 0.0880 e. The van der Waals surface area contributed by atoms with Gasteiger partial charge in [0.05, 0.1) is 6.10 Å². The molecular formula is C12H18OS. The third kappa shape index (κ3) is 4.16. The largest absolute Gasteiger partial charge is 0.388 e. The Morgan fingerprint density at radius 3 is 2.64 bits per heavy atom. The molecule has 0 amide bonds. The topological polar surface area (TPSA) is 20.2 Å². The Balaban J connectivity index is 2.25. The SMILES string of the molecule is CCCCSC[C@@H](O)c1ccccc1. The molecule has 1 N–H and O–H groups in total. The van der Waals surface area contributed by atoms with Crippen molar-refractivity contribution >= 4 is 11.8 Å². The molecule has 1 rings (SSSR count). The van der Waals surface area contributed by atoms with E-state index in [2.05, 4.69) is 6.92 Å². The lowest BCUT2D eigenvalue weighted by atomic mass is 10.1. The van der Waals surface area contributed by atoms with Gasteiger partial charge in [-0.25, -0.2) is 0 Å². The number of unbranched alkanes of at least 4 members (excludes halogenated alkanes) is 1. The van der Waals surface area contributed by atoms with Gasteiger partial charge in [0, 0.05) is 5.75 Å². The zero-order valence-electron chi connectivity index (χ0n) is 8.65. The van der Waals surface area contributed by atoms with Gasteiger partial charge in [-0.15, -0.1) is 0 Å². The zero-order valence-corrected chi connectivity index (χ0v) is 9.46. The highest BCUT2D eigenvalue weighted by Crippen LogP contribution is 2.18. The molecule has 2 heteroatoms. The van der Waals surface area contributed by atoms with Gasteiger partial charge in [0.15, 0.2) is 0 Å². The predicted octanol–water partition coefficient (Wildman–Crippen LogP) is 3.25. The number of hydrogen-bond acceptors (Lipinski definition) is 2. The summed E-state index contributed by atoms with van der Waals surface area (Å²) in [6.07, 6.45) is 2.17. The van der Waals surface area contributed by atoms with E-state index in [0.29, 0.717) is 0 Å². The van der Waals surface area contributed by atoms with Gasteiger partial charge >= 0.3 is 0 Å². The maximum absolute atomic E-state index is 9.80. The summed E-state index contributed by atoms with van der Waals surface area (Å²) in [5.74, 6) is 1.96. The second-order valence-electron chi connectivity index (χ2n) is 3.35. The lowest BCUT2D eigenvalue weighted by molar-refractivity contribution is 0.204. The van der Waals surface area contributed by atoms with E-state index in [1.165, 1.54) is 12.8 Å². The lowest BCUT2D eigenvalue weighted by Gasteiger charge is -2.09. The molecule has 0 heterocycles. The number of hydrogen-bond donors (Lipinski definition) is 1. The van der Waals surface area contributed by atoms with Crippen molar-refractivity contribution in [3.63, 3.8) is 0 Å². The van der Waals surface area contributed by atoms with E-state index in [-0.39, 0.29) is 6.10 Å². The van der Waals surface area contributed by atoms with Gasteiger partial charge in [-0.05, 0) is 17.7 Å². The van der Waals surface area contributed by atoms with Crippen LogP contribution < -0.4 is 0 Å².